The summed E-state index contributed by atoms with van der Waals surface area (Å²) in [5.41, 5.74) is 1.24. The van der Waals surface area contributed by atoms with Gasteiger partial charge in [0.2, 0.25) is 15.9 Å². The summed E-state index contributed by atoms with van der Waals surface area (Å²) < 4.78 is 86.8. The van der Waals surface area contributed by atoms with Crippen molar-refractivity contribution in [2.24, 2.45) is 5.92 Å². The fraction of sp³-hybridized carbons (Fsp3) is 0.294. The molecule has 14 heteroatoms. The number of rotatable bonds is 11. The number of amides is 1. The first kappa shape index (κ1) is 35.3. The Hall–Kier alpha value is -4.04. The lowest BCUT2D eigenvalue weighted by molar-refractivity contribution is -0.274. The van der Waals surface area contributed by atoms with Crippen LogP contribution in [0.1, 0.15) is 36.0 Å². The molecule has 1 aromatic heterocycles. The van der Waals surface area contributed by atoms with Gasteiger partial charge in [0.25, 0.3) is 0 Å². The van der Waals surface area contributed by atoms with Gasteiger partial charge in [0, 0.05) is 48.1 Å². The predicted octanol–water partition coefficient (Wildman–Crippen LogP) is 6.77. The number of carbonyl (C=O) groups is 1. The van der Waals surface area contributed by atoms with Crippen LogP contribution in [0.15, 0.2) is 96.2 Å². The highest BCUT2D eigenvalue weighted by molar-refractivity contribution is 7.89. The molecule has 0 radical (unpaired) electrons. The number of piperazine rings is 1. The number of halogens is 5. The van der Waals surface area contributed by atoms with Crippen molar-refractivity contribution in [3.05, 3.63) is 119 Å². The van der Waals surface area contributed by atoms with Gasteiger partial charge in [0.1, 0.15) is 11.6 Å². The quantitative estimate of drug-likeness (QED) is 0.167. The second kappa shape index (κ2) is 15.0. The molecule has 3 aromatic carbocycles. The van der Waals surface area contributed by atoms with Crippen molar-refractivity contribution < 1.29 is 35.5 Å². The van der Waals surface area contributed by atoms with Crippen LogP contribution in [0.5, 0.6) is 5.75 Å². The Morgan fingerprint density at radius 3 is 2.50 bits per heavy atom. The van der Waals surface area contributed by atoms with Crippen molar-refractivity contribution in [3.8, 4) is 5.75 Å². The van der Waals surface area contributed by atoms with Gasteiger partial charge in [0.05, 0.1) is 23.0 Å². The zero-order chi connectivity index (χ0) is 34.5. The topological polar surface area (TPSA) is 101 Å². The van der Waals surface area contributed by atoms with E-state index in [1.807, 2.05) is 0 Å². The summed E-state index contributed by atoms with van der Waals surface area (Å²) in [6.45, 7) is 2.67. The van der Waals surface area contributed by atoms with E-state index < -0.39 is 51.7 Å². The second-order valence-corrected chi connectivity index (χ2v) is 13.7. The molecule has 1 aliphatic heterocycles. The first-order chi connectivity index (χ1) is 22.8. The molecule has 3 atom stereocenters. The summed E-state index contributed by atoms with van der Waals surface area (Å²) in [7, 11) is -3.81. The maximum atomic E-state index is 15.3. The normalized spacial score (nSPS) is 17.0. The third-order valence-electron chi connectivity index (χ3n) is 8.23. The summed E-state index contributed by atoms with van der Waals surface area (Å²) in [5.74, 6) is -3.28. The second-order valence-electron chi connectivity index (χ2n) is 11.4. The highest BCUT2D eigenvalue weighted by Gasteiger charge is 2.35. The molecule has 48 heavy (non-hydrogen) atoms. The number of hydrogen-bond donors (Lipinski definition) is 2. The molecule has 1 fully saturated rings. The average molecular weight is 705 g/mol. The number of nitrogens with one attached hydrogen (secondary N) is 2. The van der Waals surface area contributed by atoms with Crippen molar-refractivity contribution in [2.75, 3.05) is 25.0 Å². The van der Waals surface area contributed by atoms with Gasteiger partial charge >= 0.3 is 6.36 Å². The molecule has 0 spiro atoms. The SMILES string of the molecule is C[C@H](C(=O)Nc1cncc(F)c1CC[C@H]1CNCCN1S(=O)(=O)c1ccccc1)[C@@H](c1ccc(Cl)cc1)c1cccc(OC(F)(F)F)c1. The van der Waals surface area contributed by atoms with E-state index in [1.54, 1.807) is 55.5 Å². The molecule has 0 aliphatic carbocycles. The smallest absolute Gasteiger partial charge is 0.406 e. The van der Waals surface area contributed by atoms with E-state index in [4.69, 9.17) is 11.6 Å². The number of carbonyl (C=O) groups excluding carboxylic acids is 1. The molecular formula is C34H33ClF4N4O4S. The Kier molecular flexibility index (Phi) is 11.0. The van der Waals surface area contributed by atoms with E-state index in [2.05, 4.69) is 20.4 Å². The fourth-order valence-electron chi connectivity index (χ4n) is 5.91. The molecule has 254 valence electrons. The van der Waals surface area contributed by atoms with Crippen molar-refractivity contribution in [3.63, 3.8) is 0 Å². The summed E-state index contributed by atoms with van der Waals surface area (Å²) in [6, 6.07) is 19.6. The third-order valence-corrected chi connectivity index (χ3v) is 10.4. The highest BCUT2D eigenvalue weighted by atomic mass is 35.5. The van der Waals surface area contributed by atoms with Gasteiger partial charge in [-0.15, -0.1) is 13.2 Å². The molecular weight excluding hydrogens is 672 g/mol. The fourth-order valence-corrected chi connectivity index (χ4v) is 7.71. The van der Waals surface area contributed by atoms with Gasteiger partial charge in [-0.3, -0.25) is 9.78 Å². The standard InChI is InChI=1S/C34H33ClF4N4O4S/c1-22(32(23-10-12-25(35)13-11-23)24-6-5-7-27(18-24)47-34(37,38)39)33(44)42-31-21-41-20-30(36)29(31)15-14-26-19-40-16-17-43(26)48(45,46)28-8-3-2-4-9-28/h2-13,18,20-22,26,32,40H,14-17,19H2,1H3,(H,42,44)/t22-,26-,32-/m0/s1. The number of hydrogen-bond acceptors (Lipinski definition) is 6. The third kappa shape index (κ3) is 8.51. The lowest BCUT2D eigenvalue weighted by atomic mass is 9.81. The minimum Gasteiger partial charge on any atom is -0.406 e. The number of pyridine rings is 1. The maximum absolute atomic E-state index is 15.3. The molecule has 5 rings (SSSR count). The molecule has 2 N–H and O–H groups in total. The highest BCUT2D eigenvalue weighted by Crippen LogP contribution is 2.36. The first-order valence-electron chi connectivity index (χ1n) is 15.2. The Morgan fingerprint density at radius 1 is 1.06 bits per heavy atom. The lowest BCUT2D eigenvalue weighted by Crippen LogP contribution is -2.53. The number of sulfonamides is 1. The number of benzene rings is 3. The van der Waals surface area contributed by atoms with Crippen molar-refractivity contribution in [1.29, 1.82) is 0 Å². The van der Waals surface area contributed by atoms with E-state index in [9.17, 15) is 26.4 Å². The number of anilines is 1. The number of ether oxygens (including phenoxy) is 1. The minimum absolute atomic E-state index is 0.0863. The monoisotopic (exact) mass is 704 g/mol. The molecule has 8 nitrogen and oxygen atoms in total. The lowest BCUT2D eigenvalue weighted by Gasteiger charge is -2.35. The van der Waals surface area contributed by atoms with Crippen molar-refractivity contribution in [1.82, 2.24) is 14.6 Å². The van der Waals surface area contributed by atoms with E-state index in [1.165, 1.54) is 40.8 Å². The van der Waals surface area contributed by atoms with Crippen LogP contribution < -0.4 is 15.4 Å². The Balaban J connectivity index is 1.38. The molecule has 0 unspecified atom stereocenters. The van der Waals surface area contributed by atoms with E-state index in [0.29, 0.717) is 29.2 Å². The molecule has 4 aromatic rings. The Morgan fingerprint density at radius 2 is 1.79 bits per heavy atom. The Bertz CT molecular complexity index is 1830. The zero-order valence-electron chi connectivity index (χ0n) is 25.8. The maximum Gasteiger partial charge on any atom is 0.573 e. The van der Waals surface area contributed by atoms with Crippen LogP contribution >= 0.6 is 11.6 Å². The van der Waals surface area contributed by atoms with Crippen LogP contribution in [-0.4, -0.2) is 55.7 Å². The van der Waals surface area contributed by atoms with Crippen LogP contribution in [0.4, 0.5) is 23.2 Å². The minimum atomic E-state index is -4.91. The van der Waals surface area contributed by atoms with Crippen LogP contribution in [0.2, 0.25) is 5.02 Å². The van der Waals surface area contributed by atoms with Crippen molar-refractivity contribution >= 4 is 33.2 Å². The van der Waals surface area contributed by atoms with Gasteiger partial charge in [-0.05, 0) is 60.4 Å². The predicted molar refractivity (Wildman–Crippen MR) is 174 cm³/mol. The summed E-state index contributed by atoms with van der Waals surface area (Å²) in [6.07, 6.45) is -2.24. The van der Waals surface area contributed by atoms with Crippen LogP contribution in [0.3, 0.4) is 0 Å². The van der Waals surface area contributed by atoms with E-state index in [-0.39, 0.29) is 35.5 Å². The largest absolute Gasteiger partial charge is 0.573 e. The Labute approximate surface area is 281 Å². The first-order valence-corrected chi connectivity index (χ1v) is 17.0. The van der Waals surface area contributed by atoms with Gasteiger partial charge < -0.3 is 15.4 Å². The summed E-state index contributed by atoms with van der Waals surface area (Å²) in [4.78, 5) is 17.9. The molecule has 1 aliphatic rings. The molecule has 2 heterocycles. The van der Waals surface area contributed by atoms with Gasteiger partial charge in [-0.2, -0.15) is 4.31 Å². The number of aromatic nitrogens is 1. The van der Waals surface area contributed by atoms with Gasteiger partial charge in [0.15, 0.2) is 0 Å². The van der Waals surface area contributed by atoms with Gasteiger partial charge in [-0.25, -0.2) is 12.8 Å². The van der Waals surface area contributed by atoms with Gasteiger partial charge in [-0.1, -0.05) is 61.0 Å². The number of alkyl halides is 3. The molecule has 0 saturated carbocycles. The summed E-state index contributed by atoms with van der Waals surface area (Å²) in [5, 5.41) is 6.40. The molecule has 1 amide bonds. The molecule has 0 bridgehead atoms. The van der Waals surface area contributed by atoms with Crippen molar-refractivity contribution in [2.45, 2.75) is 43.0 Å². The average Bonchev–Trinajstić information content (AvgIpc) is 3.05. The molecule has 1 saturated heterocycles. The van der Waals surface area contributed by atoms with Crippen LogP contribution in [0, 0.1) is 11.7 Å². The number of nitrogens with zero attached hydrogens (tertiary/aromatic N) is 2. The summed E-state index contributed by atoms with van der Waals surface area (Å²) >= 11 is 6.09. The van der Waals surface area contributed by atoms with Crippen LogP contribution in [-0.2, 0) is 21.2 Å². The van der Waals surface area contributed by atoms with Crippen LogP contribution in [0.25, 0.3) is 0 Å². The zero-order valence-corrected chi connectivity index (χ0v) is 27.3. The van der Waals surface area contributed by atoms with E-state index in [0.717, 1.165) is 6.20 Å². The van der Waals surface area contributed by atoms with E-state index >= 15 is 4.39 Å².